The van der Waals surface area contributed by atoms with Gasteiger partial charge in [-0.05, 0) is 38.0 Å². The van der Waals surface area contributed by atoms with Crippen molar-refractivity contribution in [1.82, 2.24) is 10.6 Å². The highest BCUT2D eigenvalue weighted by Crippen LogP contribution is 2.10. The number of halogens is 3. The molecule has 0 aliphatic rings. The normalized spacial score (nSPS) is 11.1. The summed E-state index contributed by atoms with van der Waals surface area (Å²) < 4.78 is 37.0. The highest BCUT2D eigenvalue weighted by molar-refractivity contribution is 14.0. The Morgan fingerprint density at radius 1 is 1.12 bits per heavy atom. The summed E-state index contributed by atoms with van der Waals surface area (Å²) in [7, 11) is 1.64. The second-order valence-electron chi connectivity index (χ2n) is 5.17. The van der Waals surface area contributed by atoms with Gasteiger partial charge in [0, 0.05) is 32.4 Å². The number of aliphatic imine (C=N–C) groups is 1. The van der Waals surface area contributed by atoms with E-state index in [1.807, 2.05) is 6.92 Å². The van der Waals surface area contributed by atoms with Gasteiger partial charge in [0.25, 0.3) is 0 Å². The third kappa shape index (κ3) is 11.3. The second-order valence-corrected chi connectivity index (χ2v) is 5.17. The molecule has 1 aromatic rings. The van der Waals surface area contributed by atoms with E-state index >= 15 is 0 Å². The van der Waals surface area contributed by atoms with Gasteiger partial charge in [0.05, 0.1) is 19.8 Å². The predicted octanol–water partition coefficient (Wildman–Crippen LogP) is 3.08. The molecule has 0 fully saturated rings. The molecule has 0 amide bonds. The summed E-state index contributed by atoms with van der Waals surface area (Å²) >= 11 is 0. The molecule has 25 heavy (non-hydrogen) atoms. The molecule has 8 heteroatoms. The van der Waals surface area contributed by atoms with Crippen LogP contribution >= 0.6 is 24.0 Å². The summed E-state index contributed by atoms with van der Waals surface area (Å²) in [4.78, 5) is 4.28. The highest BCUT2D eigenvalue weighted by Gasteiger charge is 2.04. The SMILES string of the molecule is CCNC(=NCc1cc(F)ccc1F)NCCCCOCCOC.I. The number of hydrogen-bond acceptors (Lipinski definition) is 3. The Morgan fingerprint density at radius 2 is 1.92 bits per heavy atom. The average molecular weight is 471 g/mol. The van der Waals surface area contributed by atoms with Gasteiger partial charge in [0.15, 0.2) is 5.96 Å². The number of methoxy groups -OCH3 is 1. The maximum Gasteiger partial charge on any atom is 0.191 e. The molecule has 0 aromatic heterocycles. The van der Waals surface area contributed by atoms with Crippen LogP contribution in [0.1, 0.15) is 25.3 Å². The first-order chi connectivity index (χ1) is 11.7. The van der Waals surface area contributed by atoms with Gasteiger partial charge >= 0.3 is 0 Å². The molecule has 0 bridgehead atoms. The van der Waals surface area contributed by atoms with E-state index in [0.717, 1.165) is 31.5 Å². The van der Waals surface area contributed by atoms with Gasteiger partial charge in [-0.1, -0.05) is 0 Å². The summed E-state index contributed by atoms with van der Waals surface area (Å²) in [5, 5.41) is 6.25. The molecule has 0 unspecified atom stereocenters. The molecule has 1 aromatic carbocycles. The minimum atomic E-state index is -0.465. The molecule has 2 N–H and O–H groups in total. The van der Waals surface area contributed by atoms with Gasteiger partial charge in [-0.3, -0.25) is 0 Å². The predicted molar refractivity (Wildman–Crippen MR) is 107 cm³/mol. The number of benzene rings is 1. The fourth-order valence-corrected chi connectivity index (χ4v) is 1.95. The summed E-state index contributed by atoms with van der Waals surface area (Å²) in [6, 6.07) is 3.38. The second kappa shape index (κ2) is 15.3. The van der Waals surface area contributed by atoms with Gasteiger partial charge in [-0.2, -0.15) is 0 Å². The molecule has 0 aliphatic heterocycles. The van der Waals surface area contributed by atoms with E-state index in [0.29, 0.717) is 32.3 Å². The summed E-state index contributed by atoms with van der Waals surface area (Å²) in [5.41, 5.74) is 0.235. The maximum absolute atomic E-state index is 13.6. The maximum atomic E-state index is 13.6. The fraction of sp³-hybridized carbons (Fsp3) is 0.588. The lowest BCUT2D eigenvalue weighted by Gasteiger charge is -2.11. The first-order valence-corrected chi connectivity index (χ1v) is 8.20. The van der Waals surface area contributed by atoms with Crippen LogP contribution in [0.4, 0.5) is 8.78 Å². The molecule has 5 nitrogen and oxygen atoms in total. The Balaban J connectivity index is 0.00000576. The number of rotatable bonds is 11. The number of unbranched alkanes of at least 4 members (excludes halogenated alkanes) is 1. The lowest BCUT2D eigenvalue weighted by atomic mass is 10.2. The number of nitrogens with one attached hydrogen (secondary N) is 2. The van der Waals surface area contributed by atoms with Crippen LogP contribution < -0.4 is 10.6 Å². The van der Waals surface area contributed by atoms with Gasteiger partial charge in [0.1, 0.15) is 11.6 Å². The molecule has 1 rings (SSSR count). The molecule has 0 radical (unpaired) electrons. The third-order valence-electron chi connectivity index (χ3n) is 3.20. The van der Waals surface area contributed by atoms with Gasteiger partial charge in [0.2, 0.25) is 0 Å². The topological polar surface area (TPSA) is 54.9 Å². The quantitative estimate of drug-likeness (QED) is 0.226. The molecular formula is C17H28F2IN3O2. The van der Waals surface area contributed by atoms with E-state index in [1.165, 1.54) is 6.07 Å². The zero-order valence-electron chi connectivity index (χ0n) is 14.8. The fourth-order valence-electron chi connectivity index (χ4n) is 1.95. The van der Waals surface area contributed by atoms with Crippen LogP contribution in [0, 0.1) is 11.6 Å². The summed E-state index contributed by atoms with van der Waals surface area (Å²) in [5.74, 6) is -0.335. The van der Waals surface area contributed by atoms with Crippen molar-refractivity contribution in [2.45, 2.75) is 26.3 Å². The molecule has 0 spiro atoms. The largest absolute Gasteiger partial charge is 0.382 e. The van der Waals surface area contributed by atoms with Crippen LogP contribution in [0.25, 0.3) is 0 Å². The van der Waals surface area contributed by atoms with Crippen LogP contribution in [0.3, 0.4) is 0 Å². The molecule has 144 valence electrons. The lowest BCUT2D eigenvalue weighted by Crippen LogP contribution is -2.37. The minimum absolute atomic E-state index is 0. The van der Waals surface area contributed by atoms with Crippen molar-refractivity contribution in [2.24, 2.45) is 4.99 Å². The lowest BCUT2D eigenvalue weighted by molar-refractivity contribution is 0.0689. The third-order valence-corrected chi connectivity index (χ3v) is 3.20. The Labute approximate surface area is 165 Å². The van der Waals surface area contributed by atoms with Crippen molar-refractivity contribution in [3.05, 3.63) is 35.4 Å². The summed E-state index contributed by atoms with van der Waals surface area (Å²) in [6.07, 6.45) is 1.85. The van der Waals surface area contributed by atoms with E-state index in [2.05, 4.69) is 15.6 Å². The van der Waals surface area contributed by atoms with Crippen LogP contribution in [-0.2, 0) is 16.0 Å². The van der Waals surface area contributed by atoms with Gasteiger partial charge in [-0.15, -0.1) is 24.0 Å². The first kappa shape index (κ1) is 24.0. The molecule has 0 atom stereocenters. The smallest absolute Gasteiger partial charge is 0.191 e. The molecule has 0 aliphatic carbocycles. The Hall–Kier alpha value is -1.00. The zero-order valence-corrected chi connectivity index (χ0v) is 17.1. The van der Waals surface area contributed by atoms with Crippen LogP contribution in [0.5, 0.6) is 0 Å². The average Bonchev–Trinajstić information content (AvgIpc) is 2.57. The van der Waals surface area contributed by atoms with Gasteiger partial charge in [-0.25, -0.2) is 13.8 Å². The molecule has 0 saturated heterocycles. The number of guanidine groups is 1. The van der Waals surface area contributed by atoms with E-state index in [-0.39, 0.29) is 36.1 Å². The van der Waals surface area contributed by atoms with Crippen LogP contribution in [0.2, 0.25) is 0 Å². The Morgan fingerprint density at radius 3 is 2.64 bits per heavy atom. The van der Waals surface area contributed by atoms with E-state index < -0.39 is 11.6 Å². The van der Waals surface area contributed by atoms with Crippen molar-refractivity contribution in [3.63, 3.8) is 0 Å². The van der Waals surface area contributed by atoms with E-state index in [9.17, 15) is 8.78 Å². The highest BCUT2D eigenvalue weighted by atomic mass is 127. The van der Waals surface area contributed by atoms with Crippen LogP contribution in [-0.4, -0.2) is 46.0 Å². The van der Waals surface area contributed by atoms with Crippen molar-refractivity contribution in [1.29, 1.82) is 0 Å². The van der Waals surface area contributed by atoms with E-state index in [1.54, 1.807) is 7.11 Å². The summed E-state index contributed by atoms with van der Waals surface area (Å²) in [6.45, 7) is 5.35. The number of hydrogen-bond donors (Lipinski definition) is 2. The minimum Gasteiger partial charge on any atom is -0.382 e. The van der Waals surface area contributed by atoms with Crippen molar-refractivity contribution >= 4 is 29.9 Å². The Kier molecular flexibility index (Phi) is 14.7. The van der Waals surface area contributed by atoms with E-state index in [4.69, 9.17) is 9.47 Å². The Bertz CT molecular complexity index is 505. The van der Waals surface area contributed by atoms with Gasteiger partial charge < -0.3 is 20.1 Å². The van der Waals surface area contributed by atoms with Crippen molar-refractivity contribution < 1.29 is 18.3 Å². The number of nitrogens with zero attached hydrogens (tertiary/aromatic N) is 1. The number of ether oxygens (including phenoxy) is 2. The van der Waals surface area contributed by atoms with Crippen molar-refractivity contribution in [3.8, 4) is 0 Å². The first-order valence-electron chi connectivity index (χ1n) is 8.20. The van der Waals surface area contributed by atoms with Crippen LogP contribution in [0.15, 0.2) is 23.2 Å². The standard InChI is InChI=1S/C17H27F2N3O2.HI/c1-3-20-17(21-8-4-5-9-24-11-10-23-2)22-13-14-12-15(18)6-7-16(14)19;/h6-7,12H,3-5,8-11,13H2,1-2H3,(H2,20,21,22);1H. The molecule has 0 saturated carbocycles. The van der Waals surface area contributed by atoms with Crippen molar-refractivity contribution in [2.75, 3.05) is 40.0 Å². The molecular weight excluding hydrogens is 443 g/mol. The molecule has 0 heterocycles. The zero-order chi connectivity index (χ0) is 17.6. The monoisotopic (exact) mass is 471 g/mol.